The molecule has 3 nitrogen and oxygen atoms in total. The number of aldehydes is 1. The second-order valence-corrected chi connectivity index (χ2v) is 4.70. The molecule has 1 aromatic heterocycles. The number of anilines is 1. The van der Waals surface area contributed by atoms with Gasteiger partial charge in [0.2, 0.25) is 0 Å². The minimum atomic E-state index is 0.0506. The van der Waals surface area contributed by atoms with Crippen LogP contribution < -0.4 is 4.90 Å². The summed E-state index contributed by atoms with van der Waals surface area (Å²) in [4.78, 5) is 17.6. The van der Waals surface area contributed by atoms with Crippen LogP contribution in [0.2, 0.25) is 0 Å². The van der Waals surface area contributed by atoms with Crippen LogP contribution in [0.5, 0.6) is 0 Å². The topological polar surface area (TPSA) is 33.2 Å². The van der Waals surface area contributed by atoms with Crippen LogP contribution in [-0.4, -0.2) is 23.9 Å². The van der Waals surface area contributed by atoms with Crippen LogP contribution in [0, 0.1) is 0 Å². The van der Waals surface area contributed by atoms with Crippen molar-refractivity contribution in [2.75, 3.05) is 11.4 Å². The van der Waals surface area contributed by atoms with Crippen molar-refractivity contribution in [2.24, 2.45) is 0 Å². The average molecular weight is 224 g/mol. The predicted octanol–water partition coefficient (Wildman–Crippen LogP) is 2.26. The zero-order valence-electron chi connectivity index (χ0n) is 8.98. The van der Waals surface area contributed by atoms with Crippen LogP contribution in [0.4, 0.5) is 5.13 Å². The van der Waals surface area contributed by atoms with Crippen LogP contribution in [0.3, 0.4) is 0 Å². The molecule has 4 heteroatoms. The molecule has 1 aliphatic heterocycles. The van der Waals surface area contributed by atoms with Gasteiger partial charge in [-0.2, -0.15) is 0 Å². The number of carbonyl (C=O) groups is 1. The number of rotatable bonds is 3. The second-order valence-electron chi connectivity index (χ2n) is 3.87. The number of carbonyl (C=O) groups excluding carboxylic acids is 1. The van der Waals surface area contributed by atoms with Gasteiger partial charge in [0.15, 0.2) is 5.13 Å². The summed E-state index contributed by atoms with van der Waals surface area (Å²) in [5, 5.41) is 3.11. The number of piperidine rings is 1. The van der Waals surface area contributed by atoms with Gasteiger partial charge in [0.05, 0.1) is 11.7 Å². The Morgan fingerprint density at radius 2 is 2.53 bits per heavy atom. The lowest BCUT2D eigenvalue weighted by Gasteiger charge is -2.31. The summed E-state index contributed by atoms with van der Waals surface area (Å²) in [6.45, 7) is 3.08. The molecule has 82 valence electrons. The van der Waals surface area contributed by atoms with Gasteiger partial charge in [0, 0.05) is 11.9 Å². The van der Waals surface area contributed by atoms with Crippen LogP contribution in [-0.2, 0) is 11.2 Å². The SMILES string of the molecule is CCc1csc(N2CCCCC2C=O)n1. The minimum Gasteiger partial charge on any atom is -0.338 e. The molecule has 0 aromatic carbocycles. The molecule has 1 unspecified atom stereocenters. The number of thiazole rings is 1. The molecule has 0 saturated carbocycles. The average Bonchev–Trinajstić information content (AvgIpc) is 2.77. The van der Waals surface area contributed by atoms with Crippen molar-refractivity contribution in [1.82, 2.24) is 4.98 Å². The Morgan fingerprint density at radius 3 is 3.20 bits per heavy atom. The zero-order valence-corrected chi connectivity index (χ0v) is 9.80. The summed E-state index contributed by atoms with van der Waals surface area (Å²) >= 11 is 1.66. The van der Waals surface area contributed by atoms with E-state index in [1.165, 1.54) is 6.42 Å². The molecular formula is C11H16N2OS. The van der Waals surface area contributed by atoms with Crippen molar-refractivity contribution in [3.63, 3.8) is 0 Å². The Labute approximate surface area is 94.1 Å². The third kappa shape index (κ3) is 2.20. The fourth-order valence-corrected chi connectivity index (χ4v) is 2.92. The van der Waals surface area contributed by atoms with E-state index >= 15 is 0 Å². The van der Waals surface area contributed by atoms with Crippen molar-refractivity contribution < 1.29 is 4.79 Å². The summed E-state index contributed by atoms with van der Waals surface area (Å²) in [5.74, 6) is 0. The zero-order chi connectivity index (χ0) is 10.7. The second kappa shape index (κ2) is 4.75. The van der Waals surface area contributed by atoms with E-state index in [1.807, 2.05) is 0 Å². The van der Waals surface area contributed by atoms with Gasteiger partial charge in [0.25, 0.3) is 0 Å². The van der Waals surface area contributed by atoms with Crippen LogP contribution in [0.15, 0.2) is 5.38 Å². The minimum absolute atomic E-state index is 0.0506. The van der Waals surface area contributed by atoms with Crippen molar-refractivity contribution in [3.05, 3.63) is 11.1 Å². The predicted molar refractivity (Wildman–Crippen MR) is 62.5 cm³/mol. The molecule has 0 aliphatic carbocycles. The fraction of sp³-hybridized carbons (Fsp3) is 0.636. The summed E-state index contributed by atoms with van der Waals surface area (Å²) in [6, 6.07) is 0.0506. The smallest absolute Gasteiger partial charge is 0.186 e. The summed E-state index contributed by atoms with van der Waals surface area (Å²) < 4.78 is 0. The van der Waals surface area contributed by atoms with Gasteiger partial charge in [-0.25, -0.2) is 4.98 Å². The highest BCUT2D eigenvalue weighted by molar-refractivity contribution is 7.13. The molecule has 2 rings (SSSR count). The monoisotopic (exact) mass is 224 g/mol. The molecular weight excluding hydrogens is 208 g/mol. The first-order valence-electron chi connectivity index (χ1n) is 5.51. The maximum Gasteiger partial charge on any atom is 0.186 e. The van der Waals surface area contributed by atoms with Gasteiger partial charge >= 0.3 is 0 Å². The fourth-order valence-electron chi connectivity index (χ4n) is 1.93. The number of nitrogens with zero attached hydrogens (tertiary/aromatic N) is 2. The van der Waals surface area contributed by atoms with E-state index in [2.05, 4.69) is 22.2 Å². The lowest BCUT2D eigenvalue weighted by molar-refractivity contribution is -0.109. The van der Waals surface area contributed by atoms with Crippen LogP contribution in [0.25, 0.3) is 0 Å². The Balaban J connectivity index is 2.16. The number of hydrogen-bond donors (Lipinski definition) is 0. The largest absolute Gasteiger partial charge is 0.338 e. The quantitative estimate of drug-likeness (QED) is 0.738. The van der Waals surface area contributed by atoms with E-state index in [9.17, 15) is 4.79 Å². The molecule has 2 heterocycles. The van der Waals surface area contributed by atoms with E-state index in [4.69, 9.17) is 0 Å². The van der Waals surface area contributed by atoms with Gasteiger partial charge in [-0.15, -0.1) is 11.3 Å². The Kier molecular flexibility index (Phi) is 3.36. The van der Waals surface area contributed by atoms with Gasteiger partial charge < -0.3 is 9.69 Å². The van der Waals surface area contributed by atoms with Crippen LogP contribution in [0.1, 0.15) is 31.9 Å². The molecule has 0 N–H and O–H groups in total. The van der Waals surface area contributed by atoms with Crippen LogP contribution >= 0.6 is 11.3 Å². The van der Waals surface area contributed by atoms with Gasteiger partial charge in [-0.1, -0.05) is 6.92 Å². The standard InChI is InChI=1S/C11H16N2OS/c1-2-9-8-15-11(12-9)13-6-4-3-5-10(13)7-14/h7-8,10H,2-6H2,1H3. The first-order chi connectivity index (χ1) is 7.35. The first-order valence-corrected chi connectivity index (χ1v) is 6.39. The van der Waals surface area contributed by atoms with Gasteiger partial charge in [-0.3, -0.25) is 0 Å². The van der Waals surface area contributed by atoms with Gasteiger partial charge in [0.1, 0.15) is 6.29 Å². The third-order valence-corrected chi connectivity index (χ3v) is 3.78. The van der Waals surface area contributed by atoms with E-state index in [0.717, 1.165) is 42.9 Å². The summed E-state index contributed by atoms with van der Waals surface area (Å²) in [7, 11) is 0. The Bertz CT molecular complexity index is 337. The lowest BCUT2D eigenvalue weighted by atomic mass is 10.0. The Hall–Kier alpha value is -0.900. The van der Waals surface area contributed by atoms with Crippen molar-refractivity contribution in [2.45, 2.75) is 38.6 Å². The molecule has 0 amide bonds. The molecule has 0 radical (unpaired) electrons. The molecule has 1 saturated heterocycles. The molecule has 15 heavy (non-hydrogen) atoms. The molecule has 1 fully saturated rings. The summed E-state index contributed by atoms with van der Waals surface area (Å²) in [5.41, 5.74) is 1.13. The lowest BCUT2D eigenvalue weighted by Crippen LogP contribution is -2.40. The van der Waals surface area contributed by atoms with Gasteiger partial charge in [-0.05, 0) is 25.7 Å². The normalized spacial score (nSPS) is 21.7. The third-order valence-electron chi connectivity index (χ3n) is 2.85. The summed E-state index contributed by atoms with van der Waals surface area (Å²) in [6.07, 6.45) is 5.34. The number of hydrogen-bond acceptors (Lipinski definition) is 4. The maximum absolute atomic E-state index is 11.0. The molecule has 0 spiro atoms. The first kappa shape index (κ1) is 10.6. The van der Waals surface area contributed by atoms with Crippen molar-refractivity contribution >= 4 is 22.8 Å². The maximum atomic E-state index is 11.0. The van der Waals surface area contributed by atoms with E-state index < -0.39 is 0 Å². The molecule has 0 bridgehead atoms. The van der Waals surface area contributed by atoms with E-state index in [-0.39, 0.29) is 6.04 Å². The van der Waals surface area contributed by atoms with Crippen molar-refractivity contribution in [3.8, 4) is 0 Å². The highest BCUT2D eigenvalue weighted by Gasteiger charge is 2.23. The van der Waals surface area contributed by atoms with E-state index in [1.54, 1.807) is 11.3 Å². The highest BCUT2D eigenvalue weighted by Crippen LogP contribution is 2.27. The van der Waals surface area contributed by atoms with Crippen molar-refractivity contribution in [1.29, 1.82) is 0 Å². The molecule has 1 aromatic rings. The Morgan fingerprint density at radius 1 is 1.67 bits per heavy atom. The molecule has 1 aliphatic rings. The number of aryl methyl sites for hydroxylation is 1. The van der Waals surface area contributed by atoms with E-state index in [0.29, 0.717) is 0 Å². The molecule has 1 atom stereocenters. The highest BCUT2D eigenvalue weighted by atomic mass is 32.1. The number of aromatic nitrogens is 1.